The number of aromatic nitrogens is 3. The van der Waals surface area contributed by atoms with E-state index in [1.54, 1.807) is 6.92 Å². The first kappa shape index (κ1) is 29.5. The fourth-order valence-corrected chi connectivity index (χ4v) is 4.09. The van der Waals surface area contributed by atoms with Crippen molar-refractivity contribution in [1.82, 2.24) is 31.1 Å². The molecule has 16 heteroatoms. The smallest absolute Gasteiger partial charge is 0.353 e. The lowest BCUT2D eigenvalue weighted by Crippen LogP contribution is -2.49. The van der Waals surface area contributed by atoms with Crippen LogP contribution in [-0.4, -0.2) is 62.9 Å². The second-order valence-electron chi connectivity index (χ2n) is 8.94. The number of anilines is 1. The van der Waals surface area contributed by atoms with Crippen LogP contribution in [0.5, 0.6) is 0 Å². The number of carbonyl (C=O) groups is 5. The number of hydrogen-bond donors (Lipinski definition) is 5. The summed E-state index contributed by atoms with van der Waals surface area (Å²) < 4.78 is 37.5. The number of Topliss-reactive ketones (excluding diaryl/α,β-unsaturated/α-hetero) is 1. The van der Waals surface area contributed by atoms with E-state index in [4.69, 9.17) is 11.6 Å². The summed E-state index contributed by atoms with van der Waals surface area (Å²) in [6.45, 7) is 1.60. The minimum atomic E-state index is -4.55. The maximum Gasteiger partial charge on any atom is 0.389 e. The Morgan fingerprint density at radius 3 is 2.59 bits per heavy atom. The Morgan fingerprint density at radius 2 is 1.97 bits per heavy atom. The van der Waals surface area contributed by atoms with E-state index in [-0.39, 0.29) is 47.0 Å². The molecule has 0 spiro atoms. The third-order valence-electron chi connectivity index (χ3n) is 5.78. The van der Waals surface area contributed by atoms with Crippen molar-refractivity contribution in [1.29, 1.82) is 0 Å². The molecule has 0 radical (unpaired) electrons. The lowest BCUT2D eigenvalue weighted by molar-refractivity contribution is -0.142. The summed E-state index contributed by atoms with van der Waals surface area (Å²) in [5.41, 5.74) is -0.413. The van der Waals surface area contributed by atoms with E-state index >= 15 is 0 Å². The number of carbonyl (C=O) groups excluding carboxylic acids is 5. The first-order valence-electron chi connectivity index (χ1n) is 11.8. The van der Waals surface area contributed by atoms with Gasteiger partial charge in [0.05, 0.1) is 30.3 Å². The molecular weight excluding hydrogens is 547 g/mol. The molecule has 4 amide bonds. The number of halogens is 4. The van der Waals surface area contributed by atoms with Gasteiger partial charge in [-0.15, -0.1) is 0 Å². The average Bonchev–Trinajstić information content (AvgIpc) is 3.49. The summed E-state index contributed by atoms with van der Waals surface area (Å²) in [7, 11) is 0. The summed E-state index contributed by atoms with van der Waals surface area (Å²) in [5, 5.41) is 15.9. The van der Waals surface area contributed by atoms with Crippen molar-refractivity contribution >= 4 is 46.7 Å². The SMILES string of the molecule is C[C@@H]1C[C@@H](CC(NC(=O)c2cc(Cl)ccc2NC(=O)CCC(F)(F)F)C(=O)C(=O)NCc2ncn[nH]2)C(=O)N1. The molecule has 0 saturated carbocycles. The predicted octanol–water partition coefficient (Wildman–Crippen LogP) is 1.64. The molecule has 3 rings (SSSR count). The van der Waals surface area contributed by atoms with Crippen LogP contribution in [0.1, 0.15) is 48.8 Å². The summed E-state index contributed by atoms with van der Waals surface area (Å²) in [5.74, 6) is -4.82. The molecule has 3 atom stereocenters. The Hall–Kier alpha value is -4.01. The van der Waals surface area contributed by atoms with Crippen molar-refractivity contribution in [2.45, 2.75) is 57.4 Å². The van der Waals surface area contributed by atoms with Gasteiger partial charge in [0, 0.05) is 23.4 Å². The Labute approximate surface area is 224 Å². The van der Waals surface area contributed by atoms with Gasteiger partial charge in [0.2, 0.25) is 17.6 Å². The molecule has 210 valence electrons. The third kappa shape index (κ3) is 8.77. The summed E-state index contributed by atoms with van der Waals surface area (Å²) in [4.78, 5) is 67.0. The molecule has 1 aromatic heterocycles. The minimum absolute atomic E-state index is 0.0603. The predicted molar refractivity (Wildman–Crippen MR) is 130 cm³/mol. The molecule has 5 N–H and O–H groups in total. The maximum atomic E-state index is 13.2. The van der Waals surface area contributed by atoms with Crippen LogP contribution in [0.25, 0.3) is 0 Å². The van der Waals surface area contributed by atoms with E-state index in [1.807, 2.05) is 0 Å². The second kappa shape index (κ2) is 12.7. The van der Waals surface area contributed by atoms with Crippen molar-refractivity contribution in [3.63, 3.8) is 0 Å². The molecule has 2 heterocycles. The second-order valence-corrected chi connectivity index (χ2v) is 9.37. The first-order valence-corrected chi connectivity index (χ1v) is 12.1. The highest BCUT2D eigenvalue weighted by molar-refractivity contribution is 6.38. The number of H-pyrrole nitrogens is 1. The number of alkyl halides is 3. The number of hydrogen-bond acceptors (Lipinski definition) is 7. The van der Waals surface area contributed by atoms with Gasteiger partial charge in [-0.3, -0.25) is 29.1 Å². The van der Waals surface area contributed by atoms with Gasteiger partial charge in [0.15, 0.2) is 0 Å². The van der Waals surface area contributed by atoms with Crippen molar-refractivity contribution in [2.24, 2.45) is 5.92 Å². The minimum Gasteiger partial charge on any atom is -0.353 e. The number of benzene rings is 1. The molecule has 39 heavy (non-hydrogen) atoms. The van der Waals surface area contributed by atoms with Crippen LogP contribution in [0.4, 0.5) is 18.9 Å². The highest BCUT2D eigenvalue weighted by Crippen LogP contribution is 2.25. The van der Waals surface area contributed by atoms with Crippen LogP contribution in [0, 0.1) is 5.92 Å². The van der Waals surface area contributed by atoms with Crippen LogP contribution in [0.15, 0.2) is 24.5 Å². The number of amides is 4. The molecule has 1 saturated heterocycles. The zero-order valence-electron chi connectivity index (χ0n) is 20.5. The van der Waals surface area contributed by atoms with Gasteiger partial charge in [-0.25, -0.2) is 4.98 Å². The van der Waals surface area contributed by atoms with Gasteiger partial charge in [0.25, 0.3) is 11.8 Å². The largest absolute Gasteiger partial charge is 0.389 e. The van der Waals surface area contributed by atoms with Crippen molar-refractivity contribution < 1.29 is 37.1 Å². The van der Waals surface area contributed by atoms with Gasteiger partial charge in [-0.1, -0.05) is 11.6 Å². The van der Waals surface area contributed by atoms with E-state index in [0.29, 0.717) is 6.42 Å². The molecule has 12 nitrogen and oxygen atoms in total. The van der Waals surface area contributed by atoms with Gasteiger partial charge < -0.3 is 21.3 Å². The number of ketones is 1. The quantitative estimate of drug-likeness (QED) is 0.255. The summed E-state index contributed by atoms with van der Waals surface area (Å²) >= 11 is 5.99. The third-order valence-corrected chi connectivity index (χ3v) is 6.02. The van der Waals surface area contributed by atoms with Gasteiger partial charge >= 0.3 is 6.18 Å². The van der Waals surface area contributed by atoms with E-state index in [1.165, 1.54) is 18.5 Å². The van der Waals surface area contributed by atoms with E-state index in [2.05, 4.69) is 36.4 Å². The highest BCUT2D eigenvalue weighted by Gasteiger charge is 2.36. The van der Waals surface area contributed by atoms with E-state index in [0.717, 1.165) is 6.07 Å². The van der Waals surface area contributed by atoms with E-state index in [9.17, 15) is 37.1 Å². The molecule has 1 aliphatic heterocycles. The van der Waals surface area contributed by atoms with Crippen LogP contribution in [0.2, 0.25) is 5.02 Å². The Balaban J connectivity index is 1.78. The standard InChI is InChI=1S/C23H25ClF3N7O5/c1-11-6-12(20(37)31-11)7-16(19(36)22(39)28-9-17-29-10-30-34-17)33-21(38)14-8-13(24)2-3-15(14)32-18(35)4-5-23(25,26)27/h2-3,8,10-12,16H,4-7,9H2,1H3,(H,28,39)(H,31,37)(H,32,35)(H,33,38)(H,29,30,34)/t11-,12+,16?/m1/s1. The van der Waals surface area contributed by atoms with Crippen LogP contribution in [-0.2, 0) is 25.7 Å². The van der Waals surface area contributed by atoms with Crippen molar-refractivity contribution in [3.8, 4) is 0 Å². The molecule has 1 fully saturated rings. The van der Waals surface area contributed by atoms with Gasteiger partial charge in [0.1, 0.15) is 12.2 Å². The van der Waals surface area contributed by atoms with Crippen LogP contribution in [0.3, 0.4) is 0 Å². The average molecular weight is 572 g/mol. The number of rotatable bonds is 11. The number of nitrogens with one attached hydrogen (secondary N) is 5. The maximum absolute atomic E-state index is 13.2. The topological polar surface area (TPSA) is 175 Å². The zero-order chi connectivity index (χ0) is 28.7. The van der Waals surface area contributed by atoms with Gasteiger partial charge in [-0.05, 0) is 38.0 Å². The Bertz CT molecular complexity index is 1240. The Morgan fingerprint density at radius 1 is 1.23 bits per heavy atom. The van der Waals surface area contributed by atoms with Crippen molar-refractivity contribution in [3.05, 3.63) is 40.9 Å². The van der Waals surface area contributed by atoms with Crippen LogP contribution >= 0.6 is 11.6 Å². The monoisotopic (exact) mass is 571 g/mol. The summed E-state index contributed by atoms with van der Waals surface area (Å²) in [6, 6.07) is 2.03. The van der Waals surface area contributed by atoms with E-state index < -0.39 is 54.5 Å². The number of nitrogens with zero attached hydrogens (tertiary/aromatic N) is 2. The van der Waals surface area contributed by atoms with Gasteiger partial charge in [-0.2, -0.15) is 18.3 Å². The molecule has 1 aliphatic rings. The molecule has 0 bridgehead atoms. The summed E-state index contributed by atoms with van der Waals surface area (Å²) in [6.07, 6.45) is -5.44. The highest BCUT2D eigenvalue weighted by atomic mass is 35.5. The molecule has 1 unspecified atom stereocenters. The molecule has 1 aromatic carbocycles. The number of aromatic amines is 1. The zero-order valence-corrected chi connectivity index (χ0v) is 21.3. The fraction of sp³-hybridized carbons (Fsp3) is 0.435. The molecule has 0 aliphatic carbocycles. The van der Waals surface area contributed by atoms with Crippen LogP contribution < -0.4 is 21.3 Å². The normalized spacial score (nSPS) is 17.7. The lowest BCUT2D eigenvalue weighted by Gasteiger charge is -2.21. The first-order chi connectivity index (χ1) is 18.3. The molecule has 2 aromatic rings. The Kier molecular flexibility index (Phi) is 9.61. The molecular formula is C23H25ClF3N7O5. The lowest BCUT2D eigenvalue weighted by atomic mass is 9.93. The van der Waals surface area contributed by atoms with Crippen molar-refractivity contribution in [2.75, 3.05) is 5.32 Å². The fourth-order valence-electron chi connectivity index (χ4n) is 3.92.